The van der Waals surface area contributed by atoms with Gasteiger partial charge in [0.15, 0.2) is 5.16 Å². The van der Waals surface area contributed by atoms with Crippen LogP contribution in [0.4, 0.5) is 0 Å². The summed E-state index contributed by atoms with van der Waals surface area (Å²) in [5, 5.41) is 0.372. The first-order chi connectivity index (χ1) is 11.5. The van der Waals surface area contributed by atoms with Gasteiger partial charge in [-0.1, -0.05) is 6.07 Å². The number of nitrogens with zero attached hydrogens (tertiary/aromatic N) is 2. The quantitative estimate of drug-likeness (QED) is 0.736. The number of esters is 1. The molecule has 0 aliphatic rings. The van der Waals surface area contributed by atoms with Crippen LogP contribution in [0.3, 0.4) is 0 Å². The largest absolute Gasteiger partial charge is 0.465 e. The van der Waals surface area contributed by atoms with Crippen molar-refractivity contribution < 1.29 is 13.7 Å². The maximum atomic E-state index is 12.6. The minimum Gasteiger partial charge on any atom is -0.465 e. The molecule has 0 radical (unpaired) electrons. The monoisotopic (exact) mass is 343 g/mol. The van der Waals surface area contributed by atoms with E-state index in [1.807, 2.05) is 26.0 Å². The Morgan fingerprint density at radius 2 is 2.08 bits per heavy atom. The van der Waals surface area contributed by atoms with Gasteiger partial charge in [-0.2, -0.15) is 0 Å². The summed E-state index contributed by atoms with van der Waals surface area (Å²) in [6, 6.07) is 7.24. The molecular formula is C17H17N3O3S. The van der Waals surface area contributed by atoms with Crippen molar-refractivity contribution in [2.24, 2.45) is 0 Å². The lowest BCUT2D eigenvalue weighted by atomic mass is 10.1. The Hall–Kier alpha value is -2.54. The van der Waals surface area contributed by atoms with Crippen LogP contribution in [0.15, 0.2) is 35.6 Å². The summed E-state index contributed by atoms with van der Waals surface area (Å²) in [7, 11) is -0.00890. The molecule has 1 atom stereocenters. The fourth-order valence-corrected chi connectivity index (χ4v) is 3.55. The van der Waals surface area contributed by atoms with Crippen molar-refractivity contribution in [1.82, 2.24) is 15.0 Å². The number of fused-ring (bicyclic) bond motifs is 1. The highest BCUT2D eigenvalue weighted by molar-refractivity contribution is 7.84. The van der Waals surface area contributed by atoms with E-state index in [0.717, 1.165) is 22.3 Å². The predicted octanol–water partition coefficient (Wildman–Crippen LogP) is 2.67. The lowest BCUT2D eigenvalue weighted by Gasteiger charge is -2.02. The lowest BCUT2D eigenvalue weighted by molar-refractivity contribution is 0.0600. The average Bonchev–Trinajstić information content (AvgIpc) is 2.98. The van der Waals surface area contributed by atoms with Crippen LogP contribution >= 0.6 is 0 Å². The fourth-order valence-electron chi connectivity index (χ4n) is 2.44. The summed E-state index contributed by atoms with van der Waals surface area (Å²) in [6.07, 6.45) is 1.68. The second-order valence-electron chi connectivity index (χ2n) is 5.47. The molecule has 7 heteroatoms. The number of rotatable bonds is 4. The number of carbonyl (C=O) groups is 1. The molecule has 24 heavy (non-hydrogen) atoms. The molecule has 6 nitrogen and oxygen atoms in total. The van der Waals surface area contributed by atoms with E-state index < -0.39 is 16.8 Å². The predicted molar refractivity (Wildman–Crippen MR) is 91.3 cm³/mol. The average molecular weight is 343 g/mol. The van der Waals surface area contributed by atoms with Gasteiger partial charge in [0.1, 0.15) is 0 Å². The number of aromatic nitrogens is 3. The first-order valence-electron chi connectivity index (χ1n) is 7.37. The van der Waals surface area contributed by atoms with Crippen LogP contribution < -0.4 is 0 Å². The SMILES string of the molecule is COC(=O)c1cc2nc([S@](=O)Cc3ncccc3C)[nH]c2cc1C. The molecule has 1 aromatic carbocycles. The molecule has 0 fully saturated rings. The fraction of sp³-hybridized carbons (Fsp3) is 0.235. The first-order valence-corrected chi connectivity index (χ1v) is 8.69. The molecule has 2 heterocycles. The number of hydrogen-bond acceptors (Lipinski definition) is 5. The molecule has 2 aromatic heterocycles. The molecule has 0 aliphatic carbocycles. The summed E-state index contributed by atoms with van der Waals surface area (Å²) < 4.78 is 17.3. The molecule has 1 N–H and O–H groups in total. The Kier molecular flexibility index (Phi) is 4.44. The zero-order chi connectivity index (χ0) is 17.3. The standard InChI is InChI=1S/C17H17N3O3S/c1-10-5-4-6-18-15(10)9-24(22)17-19-13-7-11(2)12(16(21)23-3)8-14(13)20-17/h4-8H,9H2,1-3H3,(H,19,20)/t24-/m1/s1. The van der Waals surface area contributed by atoms with Crippen molar-refractivity contribution in [2.45, 2.75) is 24.8 Å². The Bertz CT molecular complexity index is 949. The van der Waals surface area contributed by atoms with E-state index in [1.165, 1.54) is 7.11 Å². The molecule has 0 unspecified atom stereocenters. The third-order valence-electron chi connectivity index (χ3n) is 3.81. The minimum atomic E-state index is -1.35. The van der Waals surface area contributed by atoms with Crippen molar-refractivity contribution in [2.75, 3.05) is 7.11 Å². The summed E-state index contributed by atoms with van der Waals surface area (Å²) in [6.45, 7) is 3.75. The summed E-state index contributed by atoms with van der Waals surface area (Å²) in [4.78, 5) is 23.5. The zero-order valence-electron chi connectivity index (χ0n) is 13.6. The van der Waals surface area contributed by atoms with Crippen LogP contribution in [-0.4, -0.2) is 32.2 Å². The highest BCUT2D eigenvalue weighted by Gasteiger charge is 2.16. The Labute approximate surface area is 141 Å². The van der Waals surface area contributed by atoms with Gasteiger partial charge in [0.05, 0.1) is 46.0 Å². The van der Waals surface area contributed by atoms with Crippen molar-refractivity contribution in [3.05, 3.63) is 52.8 Å². The third kappa shape index (κ3) is 3.07. The summed E-state index contributed by atoms with van der Waals surface area (Å²) in [5.41, 5.74) is 4.32. The first kappa shape index (κ1) is 16.3. The number of pyridine rings is 1. The molecule has 3 rings (SSSR count). The maximum Gasteiger partial charge on any atom is 0.338 e. The molecule has 0 aliphatic heterocycles. The van der Waals surface area contributed by atoms with Crippen molar-refractivity contribution >= 4 is 27.8 Å². The van der Waals surface area contributed by atoms with Gasteiger partial charge in [0, 0.05) is 6.20 Å². The van der Waals surface area contributed by atoms with Crippen LogP contribution in [0.2, 0.25) is 0 Å². The number of imidazole rings is 1. The Morgan fingerprint density at radius 3 is 2.79 bits per heavy atom. The summed E-state index contributed by atoms with van der Waals surface area (Å²) in [5.74, 6) is -0.126. The number of aromatic amines is 1. The van der Waals surface area contributed by atoms with E-state index in [-0.39, 0.29) is 5.75 Å². The minimum absolute atomic E-state index is 0.287. The molecule has 3 aromatic rings. The van der Waals surface area contributed by atoms with Crippen molar-refractivity contribution in [3.63, 3.8) is 0 Å². The van der Waals surface area contributed by atoms with Gasteiger partial charge in [-0.25, -0.2) is 9.78 Å². The zero-order valence-corrected chi connectivity index (χ0v) is 14.4. The number of nitrogens with one attached hydrogen (secondary N) is 1. The third-order valence-corrected chi connectivity index (χ3v) is 4.97. The van der Waals surface area contributed by atoms with E-state index in [9.17, 15) is 9.00 Å². The van der Waals surface area contributed by atoms with Gasteiger partial charge in [-0.15, -0.1) is 0 Å². The lowest BCUT2D eigenvalue weighted by Crippen LogP contribution is -2.03. The van der Waals surface area contributed by atoms with Crippen LogP contribution in [0.5, 0.6) is 0 Å². The van der Waals surface area contributed by atoms with Gasteiger partial charge < -0.3 is 9.72 Å². The number of aryl methyl sites for hydroxylation is 2. The highest BCUT2D eigenvalue weighted by atomic mass is 32.2. The molecule has 0 saturated carbocycles. The Balaban J connectivity index is 1.94. The smallest absolute Gasteiger partial charge is 0.338 e. The van der Waals surface area contributed by atoms with Gasteiger partial charge in [-0.3, -0.25) is 9.19 Å². The highest BCUT2D eigenvalue weighted by Crippen LogP contribution is 2.21. The van der Waals surface area contributed by atoms with E-state index in [4.69, 9.17) is 4.74 Å². The topological polar surface area (TPSA) is 84.9 Å². The summed E-state index contributed by atoms with van der Waals surface area (Å²) >= 11 is 0. The molecular weight excluding hydrogens is 326 g/mol. The van der Waals surface area contributed by atoms with Crippen molar-refractivity contribution in [3.8, 4) is 0 Å². The number of carbonyl (C=O) groups excluding carboxylic acids is 1. The molecule has 0 amide bonds. The normalized spacial score (nSPS) is 12.3. The van der Waals surface area contributed by atoms with E-state index in [1.54, 1.807) is 18.3 Å². The van der Waals surface area contributed by atoms with E-state index >= 15 is 0 Å². The second kappa shape index (κ2) is 6.52. The van der Waals surface area contributed by atoms with Gasteiger partial charge in [0.25, 0.3) is 0 Å². The molecule has 124 valence electrons. The second-order valence-corrected chi connectivity index (χ2v) is 6.84. The molecule has 0 saturated heterocycles. The maximum absolute atomic E-state index is 12.6. The van der Waals surface area contributed by atoms with Gasteiger partial charge in [0.2, 0.25) is 0 Å². The van der Waals surface area contributed by atoms with Crippen LogP contribution in [-0.2, 0) is 21.3 Å². The number of benzene rings is 1. The number of ether oxygens (including phenoxy) is 1. The van der Waals surface area contributed by atoms with Gasteiger partial charge >= 0.3 is 5.97 Å². The number of methoxy groups -OCH3 is 1. The molecule has 0 spiro atoms. The Morgan fingerprint density at radius 1 is 1.29 bits per heavy atom. The van der Waals surface area contributed by atoms with Crippen molar-refractivity contribution in [1.29, 1.82) is 0 Å². The van der Waals surface area contributed by atoms with Crippen LogP contribution in [0, 0.1) is 13.8 Å². The van der Waals surface area contributed by atoms with Gasteiger partial charge in [-0.05, 0) is 43.2 Å². The van der Waals surface area contributed by atoms with E-state index in [2.05, 4.69) is 15.0 Å². The number of H-pyrrole nitrogens is 1. The van der Waals surface area contributed by atoms with Crippen LogP contribution in [0.25, 0.3) is 11.0 Å². The number of hydrogen-bond donors (Lipinski definition) is 1. The van der Waals surface area contributed by atoms with Crippen LogP contribution in [0.1, 0.15) is 27.2 Å². The molecule has 0 bridgehead atoms. The van der Waals surface area contributed by atoms with E-state index in [0.29, 0.717) is 16.2 Å².